The first-order chi connectivity index (χ1) is 12.4. The Morgan fingerprint density at radius 1 is 1.12 bits per heavy atom. The predicted octanol–water partition coefficient (Wildman–Crippen LogP) is 2.01. The Bertz CT molecular complexity index is 927. The van der Waals surface area contributed by atoms with Crippen molar-refractivity contribution in [2.45, 2.75) is 12.7 Å². The third kappa shape index (κ3) is 3.47. The molecule has 0 saturated carbocycles. The fourth-order valence-corrected chi connectivity index (χ4v) is 3.57. The van der Waals surface area contributed by atoms with Crippen molar-refractivity contribution in [3.8, 4) is 5.75 Å². The van der Waals surface area contributed by atoms with E-state index in [-0.39, 0.29) is 18.0 Å². The van der Waals surface area contributed by atoms with Crippen LogP contribution in [0.3, 0.4) is 0 Å². The molecule has 0 radical (unpaired) electrons. The molecule has 0 amide bonds. The highest BCUT2D eigenvalue weighted by Gasteiger charge is 2.41. The van der Waals surface area contributed by atoms with Crippen molar-refractivity contribution in [1.29, 1.82) is 0 Å². The van der Waals surface area contributed by atoms with Gasteiger partial charge in [0.2, 0.25) is 6.10 Å². The first kappa shape index (κ1) is 17.7. The molecule has 2 aromatic rings. The zero-order chi connectivity index (χ0) is 18.7. The highest BCUT2D eigenvalue weighted by Crippen LogP contribution is 2.35. The average Bonchev–Trinajstić information content (AvgIpc) is 2.65. The number of carboxylic acid groups (broad SMARTS) is 1. The maximum absolute atomic E-state index is 12.6. The lowest BCUT2D eigenvalue weighted by atomic mass is 10.2. The Kier molecular flexibility index (Phi) is 4.81. The summed E-state index contributed by atoms with van der Waals surface area (Å²) in [5.74, 6) is -1.28. The summed E-state index contributed by atoms with van der Waals surface area (Å²) in [7, 11) is -4.58. The number of carbonyl (C=O) groups is 2. The Balaban J connectivity index is 1.85. The van der Waals surface area contributed by atoms with E-state index in [0.717, 1.165) is 0 Å². The van der Waals surface area contributed by atoms with E-state index in [2.05, 4.69) is 0 Å². The summed E-state index contributed by atoms with van der Waals surface area (Å²) in [6, 6.07) is 14.6. The normalized spacial score (nSPS) is 16.3. The van der Waals surface area contributed by atoms with Gasteiger partial charge in [0.15, 0.2) is 0 Å². The van der Waals surface area contributed by atoms with Crippen LogP contribution in [0.2, 0.25) is 0 Å². The summed E-state index contributed by atoms with van der Waals surface area (Å²) < 4.78 is 36.2. The zero-order valence-corrected chi connectivity index (χ0v) is 14.3. The maximum atomic E-state index is 12.6. The summed E-state index contributed by atoms with van der Waals surface area (Å²) >= 11 is 0. The summed E-state index contributed by atoms with van der Waals surface area (Å²) in [6.07, 6.45) is -1.43. The first-order valence-corrected chi connectivity index (χ1v) is 9.05. The molecule has 0 unspecified atom stereocenters. The number of carboxylic acids is 1. The van der Waals surface area contributed by atoms with Crippen molar-refractivity contribution in [2.75, 3.05) is 10.8 Å². The number of anilines is 1. The minimum absolute atomic E-state index is 0.0607. The van der Waals surface area contributed by atoms with Gasteiger partial charge in [-0.05, 0) is 17.7 Å². The summed E-state index contributed by atoms with van der Waals surface area (Å²) in [6.45, 7) is -0.748. The van der Waals surface area contributed by atoms with E-state index in [0.29, 0.717) is 9.87 Å². The maximum Gasteiger partial charge on any atom is 0.445 e. The number of carbonyl (C=O) groups excluding carboxylic acids is 1. The standard InChI is InChI=1S/C17H15NO7S/c19-16(20)15-10-18(13-8-4-5-9-14(13)25-15)26(22,23)17(21)24-11-12-6-2-1-3-7-12/h1-9,15H,10-11H2,(H,19,20)/t15-/m1/s1. The van der Waals surface area contributed by atoms with E-state index in [9.17, 15) is 23.1 Å². The third-order valence-electron chi connectivity index (χ3n) is 3.71. The highest BCUT2D eigenvalue weighted by molar-refractivity contribution is 8.06. The van der Waals surface area contributed by atoms with Crippen molar-refractivity contribution in [3.05, 3.63) is 60.2 Å². The molecule has 1 N–H and O–H groups in total. The lowest BCUT2D eigenvalue weighted by Crippen LogP contribution is -2.48. The molecular weight excluding hydrogens is 362 g/mol. The predicted molar refractivity (Wildman–Crippen MR) is 91.4 cm³/mol. The Morgan fingerprint density at radius 2 is 1.77 bits per heavy atom. The molecule has 1 heterocycles. The average molecular weight is 377 g/mol. The highest BCUT2D eigenvalue weighted by atomic mass is 32.2. The number of rotatable bonds is 4. The van der Waals surface area contributed by atoms with Gasteiger partial charge in [0.1, 0.15) is 12.4 Å². The van der Waals surface area contributed by atoms with E-state index in [1.165, 1.54) is 12.1 Å². The first-order valence-electron chi connectivity index (χ1n) is 7.61. The molecule has 0 saturated heterocycles. The number of hydrogen-bond acceptors (Lipinski definition) is 6. The van der Waals surface area contributed by atoms with Gasteiger partial charge in [-0.25, -0.2) is 9.59 Å². The van der Waals surface area contributed by atoms with Gasteiger partial charge in [0.05, 0.1) is 12.2 Å². The molecule has 0 bridgehead atoms. The second kappa shape index (κ2) is 7.04. The van der Waals surface area contributed by atoms with E-state index in [1.807, 2.05) is 0 Å². The van der Waals surface area contributed by atoms with Crippen molar-refractivity contribution < 1.29 is 32.6 Å². The van der Waals surface area contributed by atoms with Gasteiger partial charge < -0.3 is 14.6 Å². The molecule has 9 heteroatoms. The quantitative estimate of drug-likeness (QED) is 0.812. The fraction of sp³-hybridized carbons (Fsp3) is 0.176. The van der Waals surface area contributed by atoms with E-state index in [1.54, 1.807) is 42.5 Å². The number of nitrogens with zero attached hydrogens (tertiary/aromatic N) is 1. The summed E-state index contributed by atoms with van der Waals surface area (Å²) in [5, 5.41) is 7.72. The minimum atomic E-state index is -4.58. The Labute approximate surface area is 149 Å². The number of ether oxygens (including phenoxy) is 2. The molecule has 0 aliphatic carbocycles. The second-order valence-corrected chi connectivity index (χ2v) is 7.20. The van der Waals surface area contributed by atoms with Crippen molar-refractivity contribution in [2.24, 2.45) is 0 Å². The minimum Gasteiger partial charge on any atom is -0.478 e. The van der Waals surface area contributed by atoms with Gasteiger partial charge in [0.25, 0.3) is 0 Å². The molecule has 0 spiro atoms. The molecule has 3 rings (SSSR count). The Morgan fingerprint density at radius 3 is 2.46 bits per heavy atom. The van der Waals surface area contributed by atoms with E-state index in [4.69, 9.17) is 9.47 Å². The number of para-hydroxylation sites is 2. The molecular formula is C17H15NO7S. The smallest absolute Gasteiger partial charge is 0.445 e. The van der Waals surface area contributed by atoms with Crippen LogP contribution in [-0.2, 0) is 26.2 Å². The van der Waals surface area contributed by atoms with Gasteiger partial charge in [-0.3, -0.25) is 4.31 Å². The SMILES string of the molecule is O=C(O)[C@H]1CN(S(=O)(=O)C(=O)OCc2ccccc2)c2ccccc2O1. The van der Waals surface area contributed by atoms with Gasteiger partial charge >= 0.3 is 21.3 Å². The van der Waals surface area contributed by atoms with Crippen LogP contribution in [0.5, 0.6) is 5.75 Å². The second-order valence-electron chi connectivity index (χ2n) is 5.47. The van der Waals surface area contributed by atoms with Crippen molar-refractivity contribution in [1.82, 2.24) is 0 Å². The van der Waals surface area contributed by atoms with Crippen LogP contribution in [0.1, 0.15) is 5.56 Å². The van der Waals surface area contributed by atoms with Crippen LogP contribution in [-0.4, -0.2) is 37.4 Å². The van der Waals surface area contributed by atoms with Crippen molar-refractivity contribution >= 4 is 27.0 Å². The van der Waals surface area contributed by atoms with Crippen LogP contribution in [0.15, 0.2) is 54.6 Å². The number of sulfonamides is 1. The molecule has 8 nitrogen and oxygen atoms in total. The molecule has 1 atom stereocenters. The number of fused-ring (bicyclic) bond motifs is 1. The van der Waals surface area contributed by atoms with Crippen LogP contribution in [0.4, 0.5) is 10.5 Å². The van der Waals surface area contributed by atoms with E-state index < -0.39 is 33.9 Å². The largest absolute Gasteiger partial charge is 0.478 e. The summed E-state index contributed by atoms with van der Waals surface area (Å²) in [4.78, 5) is 23.4. The molecule has 26 heavy (non-hydrogen) atoms. The van der Waals surface area contributed by atoms with Crippen LogP contribution in [0.25, 0.3) is 0 Å². The fourth-order valence-electron chi connectivity index (χ4n) is 2.44. The third-order valence-corrected chi connectivity index (χ3v) is 5.18. The molecule has 1 aliphatic heterocycles. The van der Waals surface area contributed by atoms with Crippen LogP contribution >= 0.6 is 0 Å². The molecule has 1 aliphatic rings. The number of benzene rings is 2. The number of aliphatic carboxylic acids is 1. The van der Waals surface area contributed by atoms with E-state index >= 15 is 0 Å². The summed E-state index contributed by atoms with van der Waals surface area (Å²) in [5.41, 5.74) is 0.712. The zero-order valence-electron chi connectivity index (χ0n) is 13.4. The lowest BCUT2D eigenvalue weighted by molar-refractivity contribution is -0.144. The molecule has 136 valence electrons. The van der Waals surface area contributed by atoms with Gasteiger partial charge in [-0.1, -0.05) is 42.5 Å². The topological polar surface area (TPSA) is 110 Å². The van der Waals surface area contributed by atoms with Gasteiger partial charge in [-0.15, -0.1) is 0 Å². The van der Waals surface area contributed by atoms with Crippen LogP contribution < -0.4 is 9.04 Å². The number of hydrogen-bond donors (Lipinski definition) is 1. The Hall–Kier alpha value is -3.07. The van der Waals surface area contributed by atoms with Crippen molar-refractivity contribution in [3.63, 3.8) is 0 Å². The van der Waals surface area contributed by atoms with Gasteiger partial charge in [-0.2, -0.15) is 8.42 Å². The van der Waals surface area contributed by atoms with Crippen LogP contribution in [0, 0.1) is 0 Å². The molecule has 0 aromatic heterocycles. The molecule has 2 aromatic carbocycles. The van der Waals surface area contributed by atoms with Gasteiger partial charge in [0, 0.05) is 0 Å². The molecule has 0 fully saturated rings. The monoisotopic (exact) mass is 377 g/mol. The lowest BCUT2D eigenvalue weighted by Gasteiger charge is -2.32.